The molecule has 0 saturated carbocycles. The Kier molecular flexibility index (Phi) is 6.66. The smallest absolute Gasteiger partial charge is 0.293 e. The monoisotopic (exact) mass is 528 g/mol. The van der Waals surface area contributed by atoms with Crippen molar-refractivity contribution in [2.45, 2.75) is 6.54 Å². The number of para-hydroxylation sites is 2. The Hall–Kier alpha value is -4.37. The average molecular weight is 529 g/mol. The van der Waals surface area contributed by atoms with E-state index >= 15 is 0 Å². The molecule has 0 N–H and O–H groups in total. The summed E-state index contributed by atoms with van der Waals surface area (Å²) >= 11 is 0.952. The number of nitrogens with zero attached hydrogens (tertiary/aromatic N) is 2. The first-order chi connectivity index (χ1) is 18.7. The Bertz CT molecular complexity index is 1530. The number of hydrogen-bond acceptors (Lipinski definition) is 7. The van der Waals surface area contributed by atoms with Crippen molar-refractivity contribution in [2.75, 3.05) is 26.6 Å². The maximum atomic E-state index is 13.0. The normalized spacial score (nSPS) is 15.6. The molecule has 3 heterocycles. The van der Waals surface area contributed by atoms with E-state index in [9.17, 15) is 9.59 Å². The van der Waals surface area contributed by atoms with E-state index in [0.29, 0.717) is 41.1 Å². The van der Waals surface area contributed by atoms with Crippen LogP contribution in [0.5, 0.6) is 23.0 Å². The van der Waals surface area contributed by atoms with Gasteiger partial charge in [0.15, 0.2) is 11.5 Å². The highest BCUT2D eigenvalue weighted by atomic mass is 32.2. The zero-order valence-electron chi connectivity index (χ0n) is 20.4. The topological polar surface area (TPSA) is 79.2 Å². The SMILES string of the molecule is O=C1S/C(=C\c2cn(CCOc3ccc4c(c3)OCO4)c3ccccc23)C(=O)N1CCOc1ccccc1. The van der Waals surface area contributed by atoms with Gasteiger partial charge in [-0.3, -0.25) is 14.5 Å². The average Bonchev–Trinajstić information content (AvgIpc) is 3.62. The molecular weight excluding hydrogens is 504 g/mol. The standard InChI is InChI=1S/C29H24N2O6S/c32-28-27(38-29(33)31(28)13-15-34-21-6-2-1-3-7-21)16-20-18-30(24-9-5-4-8-23(20)24)12-14-35-22-10-11-25-26(17-22)37-19-36-25/h1-11,16-18H,12-15,19H2/b27-16-. The van der Waals surface area contributed by atoms with Crippen LogP contribution in [0.1, 0.15) is 5.56 Å². The van der Waals surface area contributed by atoms with Gasteiger partial charge >= 0.3 is 0 Å². The van der Waals surface area contributed by atoms with Gasteiger partial charge in [0, 0.05) is 28.7 Å². The van der Waals surface area contributed by atoms with Crippen molar-refractivity contribution in [1.29, 1.82) is 0 Å². The lowest BCUT2D eigenvalue weighted by molar-refractivity contribution is -0.123. The van der Waals surface area contributed by atoms with E-state index < -0.39 is 0 Å². The zero-order valence-corrected chi connectivity index (χ0v) is 21.2. The van der Waals surface area contributed by atoms with Gasteiger partial charge in [-0.1, -0.05) is 36.4 Å². The second-order valence-electron chi connectivity index (χ2n) is 8.65. The van der Waals surface area contributed by atoms with Gasteiger partial charge in [0.2, 0.25) is 6.79 Å². The Morgan fingerprint density at radius 1 is 0.842 bits per heavy atom. The molecule has 4 aromatic rings. The fourth-order valence-electron chi connectivity index (χ4n) is 4.41. The summed E-state index contributed by atoms with van der Waals surface area (Å²) in [4.78, 5) is 27.2. The van der Waals surface area contributed by atoms with Crippen LogP contribution in [0.15, 0.2) is 83.9 Å². The number of aromatic nitrogens is 1. The van der Waals surface area contributed by atoms with Crippen molar-refractivity contribution in [3.63, 3.8) is 0 Å². The molecule has 6 rings (SSSR count). The van der Waals surface area contributed by atoms with Crippen LogP contribution in [0.4, 0.5) is 4.79 Å². The molecule has 0 unspecified atom stereocenters. The minimum Gasteiger partial charge on any atom is -0.492 e. The Morgan fingerprint density at radius 3 is 2.50 bits per heavy atom. The number of imide groups is 1. The summed E-state index contributed by atoms with van der Waals surface area (Å²) in [6, 6.07) is 22.8. The van der Waals surface area contributed by atoms with Crippen molar-refractivity contribution in [3.05, 3.63) is 89.5 Å². The van der Waals surface area contributed by atoms with E-state index in [1.54, 1.807) is 6.08 Å². The first kappa shape index (κ1) is 24.0. The Balaban J connectivity index is 1.14. The molecule has 0 spiro atoms. The summed E-state index contributed by atoms with van der Waals surface area (Å²) in [6.45, 7) is 1.68. The minimum absolute atomic E-state index is 0.190. The summed E-state index contributed by atoms with van der Waals surface area (Å²) in [7, 11) is 0. The van der Waals surface area contributed by atoms with Gasteiger partial charge in [-0.25, -0.2) is 0 Å². The number of amides is 2. The van der Waals surface area contributed by atoms with Crippen molar-refractivity contribution >= 4 is 39.9 Å². The lowest BCUT2D eigenvalue weighted by Crippen LogP contribution is -2.32. The highest BCUT2D eigenvalue weighted by Crippen LogP contribution is 2.36. The molecular formula is C29H24N2O6S. The highest BCUT2D eigenvalue weighted by molar-refractivity contribution is 8.18. The Labute approximate surface area is 223 Å². The first-order valence-electron chi connectivity index (χ1n) is 12.2. The molecule has 38 heavy (non-hydrogen) atoms. The third-order valence-corrected chi connectivity index (χ3v) is 7.16. The highest BCUT2D eigenvalue weighted by Gasteiger charge is 2.35. The van der Waals surface area contributed by atoms with E-state index in [4.69, 9.17) is 18.9 Å². The quantitative estimate of drug-likeness (QED) is 0.263. The molecule has 0 radical (unpaired) electrons. The van der Waals surface area contributed by atoms with Crippen molar-refractivity contribution < 1.29 is 28.5 Å². The number of benzene rings is 3. The third kappa shape index (κ3) is 4.92. The number of carbonyl (C=O) groups is 2. The van der Waals surface area contributed by atoms with Crippen LogP contribution in [0.25, 0.3) is 17.0 Å². The molecule has 2 aliphatic heterocycles. The van der Waals surface area contributed by atoms with Crippen molar-refractivity contribution in [2.24, 2.45) is 0 Å². The first-order valence-corrected chi connectivity index (χ1v) is 13.0. The van der Waals surface area contributed by atoms with Crippen LogP contribution in [-0.4, -0.2) is 47.2 Å². The van der Waals surface area contributed by atoms with Crippen LogP contribution in [0.3, 0.4) is 0 Å². The molecule has 8 nitrogen and oxygen atoms in total. The fourth-order valence-corrected chi connectivity index (χ4v) is 5.27. The van der Waals surface area contributed by atoms with E-state index in [1.165, 1.54) is 4.90 Å². The summed E-state index contributed by atoms with van der Waals surface area (Å²) in [5.74, 6) is 2.49. The molecule has 1 saturated heterocycles. The number of hydrogen-bond donors (Lipinski definition) is 0. The van der Waals surface area contributed by atoms with E-state index in [2.05, 4.69) is 4.57 Å². The predicted octanol–water partition coefficient (Wildman–Crippen LogP) is 5.56. The van der Waals surface area contributed by atoms with Crippen LogP contribution < -0.4 is 18.9 Å². The fraction of sp³-hybridized carbons (Fsp3) is 0.172. The predicted molar refractivity (Wildman–Crippen MR) is 145 cm³/mol. The van der Waals surface area contributed by atoms with Gasteiger partial charge in [0.05, 0.1) is 18.0 Å². The van der Waals surface area contributed by atoms with Crippen LogP contribution >= 0.6 is 11.8 Å². The third-order valence-electron chi connectivity index (χ3n) is 6.25. The number of ether oxygens (including phenoxy) is 4. The second-order valence-corrected chi connectivity index (χ2v) is 9.65. The van der Waals surface area contributed by atoms with Gasteiger partial charge < -0.3 is 23.5 Å². The van der Waals surface area contributed by atoms with Gasteiger partial charge in [0.1, 0.15) is 24.7 Å². The van der Waals surface area contributed by atoms with E-state index in [-0.39, 0.29) is 31.1 Å². The molecule has 192 valence electrons. The van der Waals surface area contributed by atoms with E-state index in [1.807, 2.05) is 79.0 Å². The molecule has 0 bridgehead atoms. The minimum atomic E-state index is -0.306. The van der Waals surface area contributed by atoms with Crippen molar-refractivity contribution in [1.82, 2.24) is 9.47 Å². The van der Waals surface area contributed by atoms with Gasteiger partial charge in [0.25, 0.3) is 11.1 Å². The maximum absolute atomic E-state index is 13.0. The zero-order chi connectivity index (χ0) is 25.9. The lowest BCUT2D eigenvalue weighted by Gasteiger charge is -2.13. The number of rotatable bonds is 9. The molecule has 0 atom stereocenters. The van der Waals surface area contributed by atoms with Crippen LogP contribution in [0.2, 0.25) is 0 Å². The molecule has 9 heteroatoms. The number of fused-ring (bicyclic) bond motifs is 2. The summed E-state index contributed by atoms with van der Waals surface area (Å²) < 4.78 is 24.5. The summed E-state index contributed by atoms with van der Waals surface area (Å²) in [5, 5.41) is 0.702. The van der Waals surface area contributed by atoms with Gasteiger partial charge in [-0.15, -0.1) is 0 Å². The molecule has 0 aliphatic carbocycles. The number of carbonyl (C=O) groups excluding carboxylic acids is 2. The van der Waals surface area contributed by atoms with Crippen LogP contribution in [0, 0.1) is 0 Å². The van der Waals surface area contributed by atoms with E-state index in [0.717, 1.165) is 28.2 Å². The molecule has 1 aromatic heterocycles. The van der Waals surface area contributed by atoms with Crippen molar-refractivity contribution in [3.8, 4) is 23.0 Å². The molecule has 1 fully saturated rings. The maximum Gasteiger partial charge on any atom is 0.293 e. The van der Waals surface area contributed by atoms with Gasteiger partial charge in [-0.2, -0.15) is 0 Å². The number of thioether (sulfide) groups is 1. The molecule has 3 aromatic carbocycles. The summed E-state index contributed by atoms with van der Waals surface area (Å²) in [5.41, 5.74) is 1.89. The molecule has 2 amide bonds. The largest absolute Gasteiger partial charge is 0.492 e. The lowest BCUT2D eigenvalue weighted by atomic mass is 10.1. The molecule has 2 aliphatic rings. The Morgan fingerprint density at radius 2 is 1.61 bits per heavy atom. The van der Waals surface area contributed by atoms with Gasteiger partial charge in [-0.05, 0) is 48.2 Å². The second kappa shape index (κ2) is 10.5. The van der Waals surface area contributed by atoms with Crippen LogP contribution in [-0.2, 0) is 11.3 Å². The summed E-state index contributed by atoms with van der Waals surface area (Å²) in [6.07, 6.45) is 3.78.